The van der Waals surface area contributed by atoms with E-state index < -0.39 is 0 Å². The molecule has 6 N–H and O–H groups in total. The molecule has 1 saturated carbocycles. The van der Waals surface area contributed by atoms with Crippen LogP contribution in [0.2, 0.25) is 5.02 Å². The maximum absolute atomic E-state index is 9.93. The molecule has 6 rings (SSSR count). The molecule has 3 heterocycles. The number of nitrogens with zero attached hydrogens (tertiary/aromatic N) is 4. The van der Waals surface area contributed by atoms with Crippen LogP contribution >= 0.6 is 11.6 Å². The summed E-state index contributed by atoms with van der Waals surface area (Å²) in [7, 11) is 0. The molecule has 220 valence electrons. The predicted molar refractivity (Wildman–Crippen MR) is 171 cm³/mol. The maximum atomic E-state index is 9.93. The number of nitrogens with two attached hydrogens (primary N) is 1. The minimum atomic E-state index is -0.319. The summed E-state index contributed by atoms with van der Waals surface area (Å²) in [6, 6.07) is 18.0. The molecular weight excluding hydrogens is 558 g/mol. The molecule has 1 fully saturated rings. The van der Waals surface area contributed by atoms with Gasteiger partial charge in [0.1, 0.15) is 6.07 Å². The fraction of sp³-hybridized carbons (Fsp3) is 0.303. The summed E-state index contributed by atoms with van der Waals surface area (Å²) in [6.45, 7) is 7.45. The fourth-order valence-corrected chi connectivity index (χ4v) is 5.84. The number of fused-ring (bicyclic) bond motifs is 1. The van der Waals surface area contributed by atoms with Crippen LogP contribution in [-0.2, 0) is 12.1 Å². The van der Waals surface area contributed by atoms with Gasteiger partial charge in [-0.3, -0.25) is 15.0 Å². The first kappa shape index (κ1) is 28.7. The maximum Gasteiger partial charge on any atom is 0.103 e. The molecule has 2 aromatic heterocycles. The van der Waals surface area contributed by atoms with Gasteiger partial charge in [0.05, 0.1) is 34.0 Å². The van der Waals surface area contributed by atoms with Gasteiger partial charge < -0.3 is 21.8 Å². The zero-order valence-corrected chi connectivity index (χ0v) is 25.3. The molecule has 1 atom stereocenters. The van der Waals surface area contributed by atoms with Crippen LogP contribution in [0.1, 0.15) is 61.9 Å². The largest absolute Gasteiger partial charge is 0.383 e. The number of nitriles is 1. The second kappa shape index (κ2) is 11.4. The van der Waals surface area contributed by atoms with E-state index >= 15 is 0 Å². The SMILES string of the molecule is CC(C)(C)CNc1c(C#N)cnc2c(CN)cc(N[C@H](C3=CN(C4(c5ccncc5)CC4)NN3)c3ccccc3Cl)cc12. The third-order valence-corrected chi connectivity index (χ3v) is 8.36. The molecule has 4 aromatic rings. The molecule has 2 aromatic carbocycles. The zero-order chi connectivity index (χ0) is 30.2. The minimum absolute atomic E-state index is 0.0126. The van der Waals surface area contributed by atoms with Crippen molar-refractivity contribution in [1.29, 1.82) is 5.26 Å². The Hall–Kier alpha value is -4.36. The van der Waals surface area contributed by atoms with Gasteiger partial charge in [0.2, 0.25) is 0 Å². The molecular formula is C33H36ClN9. The molecule has 1 aliphatic carbocycles. The number of pyridine rings is 2. The lowest BCUT2D eigenvalue weighted by atomic mass is 9.96. The first-order chi connectivity index (χ1) is 20.7. The molecule has 0 spiro atoms. The molecule has 0 radical (unpaired) electrons. The second-order valence-electron chi connectivity index (χ2n) is 12.4. The van der Waals surface area contributed by atoms with Gasteiger partial charge in [-0.1, -0.05) is 50.6 Å². The average Bonchev–Trinajstić information content (AvgIpc) is 3.67. The lowest BCUT2D eigenvalue weighted by Crippen LogP contribution is -2.43. The molecule has 0 saturated heterocycles. The van der Waals surface area contributed by atoms with Crippen LogP contribution in [-0.4, -0.2) is 21.5 Å². The third kappa shape index (κ3) is 5.69. The standard InChI is InChI=1S/C33H36ClN9/c1-32(2,3)20-39-30-22(17-36)18-38-29-21(16-35)14-24(15-26(29)30)40-31(25-6-4-5-7-27(25)34)28-19-43(42-41-28)33(10-11-33)23-8-12-37-13-9-23/h4-9,12-15,18-19,31,40-42H,10-11,16,20,35H2,1-3H3,(H,38,39)/t31-/m0/s1. The Morgan fingerprint density at radius 3 is 2.60 bits per heavy atom. The van der Waals surface area contributed by atoms with E-state index in [1.807, 2.05) is 48.8 Å². The van der Waals surface area contributed by atoms with E-state index in [2.05, 4.69) is 81.7 Å². The molecule has 0 unspecified atom stereocenters. The molecule has 2 aliphatic rings. The lowest BCUT2D eigenvalue weighted by Gasteiger charge is -2.27. The predicted octanol–water partition coefficient (Wildman–Crippen LogP) is 6.08. The first-order valence-corrected chi connectivity index (χ1v) is 14.8. The van der Waals surface area contributed by atoms with Crippen LogP contribution in [0.15, 0.2) is 79.0 Å². The minimum Gasteiger partial charge on any atom is -0.383 e. The van der Waals surface area contributed by atoms with Crippen molar-refractivity contribution in [2.45, 2.75) is 51.7 Å². The highest BCUT2D eigenvalue weighted by Gasteiger charge is 2.50. The number of nitrogens with one attached hydrogen (secondary N) is 4. The molecule has 43 heavy (non-hydrogen) atoms. The molecule has 9 nitrogen and oxygen atoms in total. The quantitative estimate of drug-likeness (QED) is 0.157. The van der Waals surface area contributed by atoms with Crippen molar-refractivity contribution < 1.29 is 0 Å². The Balaban J connectivity index is 1.42. The topological polar surface area (TPSA) is 127 Å². The Bertz CT molecular complexity index is 1720. The van der Waals surface area contributed by atoms with Gasteiger partial charge in [-0.15, -0.1) is 5.53 Å². The van der Waals surface area contributed by atoms with Gasteiger partial charge >= 0.3 is 0 Å². The fourth-order valence-electron chi connectivity index (χ4n) is 5.60. The van der Waals surface area contributed by atoms with Crippen molar-refractivity contribution >= 4 is 33.9 Å². The van der Waals surface area contributed by atoms with E-state index in [4.69, 9.17) is 17.3 Å². The van der Waals surface area contributed by atoms with Crippen molar-refractivity contribution in [1.82, 2.24) is 25.9 Å². The summed E-state index contributed by atoms with van der Waals surface area (Å²) >= 11 is 6.79. The number of hydrogen-bond acceptors (Lipinski definition) is 9. The summed E-state index contributed by atoms with van der Waals surface area (Å²) in [6.07, 6.45) is 9.47. The third-order valence-electron chi connectivity index (χ3n) is 8.02. The zero-order valence-electron chi connectivity index (χ0n) is 24.6. The number of hydrazine groups is 2. The Kier molecular flexibility index (Phi) is 7.61. The summed E-state index contributed by atoms with van der Waals surface area (Å²) in [4.78, 5) is 8.83. The molecule has 0 bridgehead atoms. The van der Waals surface area contributed by atoms with Gasteiger partial charge in [0, 0.05) is 54.0 Å². The van der Waals surface area contributed by atoms with Crippen molar-refractivity contribution in [3.8, 4) is 6.07 Å². The van der Waals surface area contributed by atoms with Gasteiger partial charge in [0.25, 0.3) is 0 Å². The number of halogens is 1. The number of aromatic nitrogens is 2. The number of benzene rings is 2. The second-order valence-corrected chi connectivity index (χ2v) is 12.8. The first-order valence-electron chi connectivity index (χ1n) is 14.5. The van der Waals surface area contributed by atoms with Crippen molar-refractivity contribution in [3.05, 3.63) is 106 Å². The van der Waals surface area contributed by atoms with E-state index in [1.54, 1.807) is 6.20 Å². The van der Waals surface area contributed by atoms with E-state index in [9.17, 15) is 5.26 Å². The Morgan fingerprint density at radius 1 is 1.16 bits per heavy atom. The van der Waals surface area contributed by atoms with Crippen LogP contribution in [0, 0.1) is 16.7 Å². The van der Waals surface area contributed by atoms with Crippen LogP contribution in [0.3, 0.4) is 0 Å². The highest BCUT2D eigenvalue weighted by atomic mass is 35.5. The summed E-state index contributed by atoms with van der Waals surface area (Å²) < 4.78 is 0. The van der Waals surface area contributed by atoms with Crippen LogP contribution in [0.4, 0.5) is 11.4 Å². The van der Waals surface area contributed by atoms with Crippen molar-refractivity contribution in [3.63, 3.8) is 0 Å². The summed E-state index contributed by atoms with van der Waals surface area (Å²) in [5.41, 5.74) is 19.7. The van der Waals surface area contributed by atoms with E-state index in [-0.39, 0.29) is 17.0 Å². The van der Waals surface area contributed by atoms with E-state index in [1.165, 1.54) is 5.56 Å². The number of hydrogen-bond donors (Lipinski definition) is 5. The lowest BCUT2D eigenvalue weighted by molar-refractivity contribution is 0.176. The normalized spacial score (nSPS) is 16.3. The highest BCUT2D eigenvalue weighted by molar-refractivity contribution is 6.31. The highest BCUT2D eigenvalue weighted by Crippen LogP contribution is 2.51. The van der Waals surface area contributed by atoms with Crippen LogP contribution < -0.4 is 27.3 Å². The van der Waals surface area contributed by atoms with Crippen LogP contribution in [0.5, 0.6) is 0 Å². The monoisotopic (exact) mass is 593 g/mol. The molecule has 0 amide bonds. The van der Waals surface area contributed by atoms with Gasteiger partial charge in [0.15, 0.2) is 0 Å². The Morgan fingerprint density at radius 2 is 1.93 bits per heavy atom. The van der Waals surface area contributed by atoms with Crippen molar-refractivity contribution in [2.75, 3.05) is 17.2 Å². The van der Waals surface area contributed by atoms with Crippen molar-refractivity contribution in [2.24, 2.45) is 11.1 Å². The van der Waals surface area contributed by atoms with Crippen LogP contribution in [0.25, 0.3) is 10.9 Å². The van der Waals surface area contributed by atoms with Gasteiger partial charge in [-0.2, -0.15) is 5.26 Å². The Labute approximate surface area is 257 Å². The summed E-state index contributed by atoms with van der Waals surface area (Å²) in [5, 5.41) is 20.8. The number of anilines is 2. The summed E-state index contributed by atoms with van der Waals surface area (Å²) in [5.74, 6) is 0. The molecule has 10 heteroatoms. The smallest absolute Gasteiger partial charge is 0.103 e. The molecule has 1 aliphatic heterocycles. The van der Waals surface area contributed by atoms with Gasteiger partial charge in [-0.05, 0) is 65.3 Å². The number of rotatable bonds is 9. The average molecular weight is 594 g/mol. The van der Waals surface area contributed by atoms with E-state index in [0.717, 1.165) is 51.9 Å². The van der Waals surface area contributed by atoms with E-state index in [0.29, 0.717) is 23.7 Å². The van der Waals surface area contributed by atoms with Gasteiger partial charge in [-0.25, -0.2) is 0 Å².